The van der Waals surface area contributed by atoms with Crippen LogP contribution >= 0.6 is 0 Å². The van der Waals surface area contributed by atoms with Crippen LogP contribution in [0.25, 0.3) is 0 Å². The van der Waals surface area contributed by atoms with Gasteiger partial charge in [0.1, 0.15) is 0 Å². The number of carboxylic acid groups (broad SMARTS) is 1. The van der Waals surface area contributed by atoms with E-state index in [9.17, 15) is 4.79 Å². The van der Waals surface area contributed by atoms with Crippen molar-refractivity contribution in [2.45, 2.75) is 12.8 Å². The van der Waals surface area contributed by atoms with Crippen molar-refractivity contribution in [2.75, 3.05) is 14.1 Å². The van der Waals surface area contributed by atoms with Crippen LogP contribution in [-0.2, 0) is 9.68 Å². The van der Waals surface area contributed by atoms with Crippen LogP contribution in [0, 0.1) is 0 Å². The quantitative estimate of drug-likeness (QED) is 0.298. The third-order valence-corrected chi connectivity index (χ3v) is 1.74. The molecule has 84 valence electrons. The van der Waals surface area contributed by atoms with E-state index in [-0.39, 0.29) is 18.6 Å². The van der Waals surface area contributed by atoms with E-state index in [1.54, 1.807) is 0 Å². The van der Waals surface area contributed by atoms with Crippen molar-refractivity contribution >= 4 is 17.4 Å². The van der Waals surface area contributed by atoms with Crippen LogP contribution in [0.5, 0.6) is 0 Å². The molecule has 0 saturated heterocycles. The highest BCUT2D eigenvalue weighted by Gasteiger charge is 2.12. The summed E-state index contributed by atoms with van der Waals surface area (Å²) in [4.78, 5) is 22.0. The molecule has 0 aromatic heterocycles. The van der Waals surface area contributed by atoms with Gasteiger partial charge in [0, 0.05) is 26.2 Å². The molecule has 0 rings (SSSR count). The topological polar surface area (TPSA) is 91.5 Å². The van der Waals surface area contributed by atoms with Gasteiger partial charge in [-0.3, -0.25) is 14.8 Å². The molecular weight excluding hydrogens is 200 g/mol. The Balaban J connectivity index is 4.54. The molecule has 0 aromatic rings. The number of aliphatic carboxylic acids is 1. The second kappa shape index (κ2) is 6.72. The Hall–Kier alpha value is -1.69. The normalized spacial score (nSPS) is 12.5. The summed E-state index contributed by atoms with van der Waals surface area (Å²) in [7, 11) is 2.99. The molecule has 0 radical (unpaired) electrons. The molecule has 0 aliphatic rings. The van der Waals surface area contributed by atoms with Gasteiger partial charge >= 0.3 is 5.97 Å². The van der Waals surface area contributed by atoms with Crippen molar-refractivity contribution in [3.8, 4) is 0 Å². The molecule has 0 aromatic carbocycles. The third kappa shape index (κ3) is 4.92. The first kappa shape index (κ1) is 13.3. The highest BCUT2D eigenvalue weighted by molar-refractivity contribution is 6.14. The van der Waals surface area contributed by atoms with Gasteiger partial charge in [-0.2, -0.15) is 0 Å². The lowest BCUT2D eigenvalue weighted by atomic mass is 10.1. The van der Waals surface area contributed by atoms with Gasteiger partial charge in [0.2, 0.25) is 0 Å². The molecule has 0 atom stereocenters. The number of nitrogens with zero attached hydrogens (tertiary/aromatic N) is 2. The number of aliphatic imine (C=N–C) groups is 2. The summed E-state index contributed by atoms with van der Waals surface area (Å²) in [6.45, 7) is 3.41. The number of allylic oxidation sites excluding steroid dienone is 1. The minimum Gasteiger partial charge on any atom is -0.481 e. The summed E-state index contributed by atoms with van der Waals surface area (Å²) in [5.74, 6) is -0.981. The van der Waals surface area contributed by atoms with Crippen LogP contribution in [0.15, 0.2) is 22.3 Å². The van der Waals surface area contributed by atoms with Crippen molar-refractivity contribution in [3.05, 3.63) is 12.3 Å². The predicted octanol–water partition coefficient (Wildman–Crippen LogP) is 0.996. The molecule has 0 spiro atoms. The molecule has 0 bridgehead atoms. The molecule has 6 heteroatoms. The van der Waals surface area contributed by atoms with Crippen LogP contribution in [0.2, 0.25) is 0 Å². The Morgan fingerprint density at radius 3 is 2.27 bits per heavy atom. The Morgan fingerprint density at radius 2 is 1.93 bits per heavy atom. The predicted molar refractivity (Wildman–Crippen MR) is 56.4 cm³/mol. The van der Waals surface area contributed by atoms with E-state index in [1.165, 1.54) is 14.1 Å². The third-order valence-electron chi connectivity index (χ3n) is 1.74. The monoisotopic (exact) mass is 214 g/mol. The molecular formula is C9H14N2O4. The highest BCUT2D eigenvalue weighted by Crippen LogP contribution is 2.04. The zero-order chi connectivity index (χ0) is 11.8. The number of rotatable bonds is 6. The van der Waals surface area contributed by atoms with Crippen LogP contribution in [0.4, 0.5) is 0 Å². The van der Waals surface area contributed by atoms with E-state index >= 15 is 0 Å². The van der Waals surface area contributed by atoms with E-state index in [0.29, 0.717) is 11.4 Å². The lowest BCUT2D eigenvalue weighted by Gasteiger charge is -2.06. The summed E-state index contributed by atoms with van der Waals surface area (Å²) in [5, 5.41) is 16.9. The number of carbonyl (C=O) groups is 1. The van der Waals surface area contributed by atoms with Gasteiger partial charge in [0.25, 0.3) is 0 Å². The number of hydrogen-bond acceptors (Lipinski definition) is 5. The fraction of sp³-hybridized carbons (Fsp3) is 0.444. The number of carboxylic acids is 1. The molecule has 6 nitrogen and oxygen atoms in total. The van der Waals surface area contributed by atoms with Crippen molar-refractivity contribution in [1.29, 1.82) is 0 Å². The van der Waals surface area contributed by atoms with Crippen LogP contribution < -0.4 is 0 Å². The second-order valence-electron chi connectivity index (χ2n) is 2.72. The van der Waals surface area contributed by atoms with Gasteiger partial charge in [-0.25, -0.2) is 5.26 Å². The van der Waals surface area contributed by atoms with E-state index in [4.69, 9.17) is 10.4 Å². The Morgan fingerprint density at radius 1 is 1.33 bits per heavy atom. The van der Waals surface area contributed by atoms with Gasteiger partial charge in [-0.1, -0.05) is 6.58 Å². The standard InChI is InChI=1S/C9H14N2O4/c1-6(15-14)8(11-3)4-7(10-2)5-9(12)13/h14H,1,4-5H2,2-3H3,(H,12,13). The Kier molecular flexibility index (Phi) is 5.96. The van der Waals surface area contributed by atoms with Crippen molar-refractivity contribution in [1.82, 2.24) is 0 Å². The SMILES string of the molecule is C=C(OO)C(CC(CC(=O)O)=NC)=NC. The first-order chi connectivity index (χ1) is 7.04. The average molecular weight is 214 g/mol. The first-order valence-electron chi connectivity index (χ1n) is 4.17. The van der Waals surface area contributed by atoms with E-state index in [0.717, 1.165) is 0 Å². The van der Waals surface area contributed by atoms with Gasteiger partial charge in [0.05, 0.1) is 12.1 Å². The summed E-state index contributed by atoms with van der Waals surface area (Å²) < 4.78 is 0. The fourth-order valence-corrected chi connectivity index (χ4v) is 0.943. The minimum atomic E-state index is -0.971. The molecule has 0 heterocycles. The molecule has 0 aliphatic carbocycles. The summed E-state index contributed by atoms with van der Waals surface area (Å²) in [5.41, 5.74) is 0.792. The molecule has 0 aliphatic heterocycles. The molecule has 0 fully saturated rings. The van der Waals surface area contributed by atoms with Crippen LogP contribution in [-0.4, -0.2) is 41.9 Å². The lowest BCUT2D eigenvalue weighted by molar-refractivity contribution is -0.195. The lowest BCUT2D eigenvalue weighted by Crippen LogP contribution is -2.14. The average Bonchev–Trinajstić information content (AvgIpc) is 2.22. The van der Waals surface area contributed by atoms with Crippen LogP contribution in [0.3, 0.4) is 0 Å². The highest BCUT2D eigenvalue weighted by atomic mass is 17.1. The Bertz CT molecular complexity index is 307. The van der Waals surface area contributed by atoms with E-state index in [2.05, 4.69) is 21.5 Å². The zero-order valence-electron chi connectivity index (χ0n) is 8.73. The fourth-order valence-electron chi connectivity index (χ4n) is 0.943. The van der Waals surface area contributed by atoms with Crippen molar-refractivity contribution in [3.63, 3.8) is 0 Å². The smallest absolute Gasteiger partial charge is 0.309 e. The first-order valence-corrected chi connectivity index (χ1v) is 4.17. The Labute approximate surface area is 87.6 Å². The maximum Gasteiger partial charge on any atom is 0.309 e. The van der Waals surface area contributed by atoms with Crippen LogP contribution in [0.1, 0.15) is 12.8 Å². The molecule has 0 saturated carbocycles. The summed E-state index contributed by atoms with van der Waals surface area (Å²) in [6, 6.07) is 0. The zero-order valence-corrected chi connectivity index (χ0v) is 8.73. The molecule has 2 N–H and O–H groups in total. The van der Waals surface area contributed by atoms with Gasteiger partial charge in [-0.05, 0) is 0 Å². The molecule has 0 unspecified atom stereocenters. The summed E-state index contributed by atoms with van der Waals surface area (Å²) >= 11 is 0. The molecule has 15 heavy (non-hydrogen) atoms. The van der Waals surface area contributed by atoms with Gasteiger partial charge in [-0.15, -0.1) is 0 Å². The minimum absolute atomic E-state index is 0.0101. The van der Waals surface area contributed by atoms with E-state index in [1.807, 2.05) is 0 Å². The van der Waals surface area contributed by atoms with Crippen molar-refractivity contribution in [2.24, 2.45) is 9.98 Å². The van der Waals surface area contributed by atoms with Gasteiger partial charge < -0.3 is 9.99 Å². The maximum atomic E-state index is 10.5. The largest absolute Gasteiger partial charge is 0.481 e. The maximum absolute atomic E-state index is 10.5. The van der Waals surface area contributed by atoms with Gasteiger partial charge in [0.15, 0.2) is 5.76 Å². The van der Waals surface area contributed by atoms with E-state index < -0.39 is 5.97 Å². The van der Waals surface area contributed by atoms with Crippen molar-refractivity contribution < 1.29 is 20.0 Å². The second-order valence-corrected chi connectivity index (χ2v) is 2.72. The summed E-state index contributed by atoms with van der Waals surface area (Å²) in [6.07, 6.45) is 0.0208. The molecule has 0 amide bonds. The number of hydrogen-bond donors (Lipinski definition) is 2.